The summed E-state index contributed by atoms with van der Waals surface area (Å²) in [6.07, 6.45) is 6.70. The fraction of sp³-hybridized carbons (Fsp3) is 0.318. The van der Waals surface area contributed by atoms with Crippen LogP contribution in [0, 0.1) is 0 Å². The summed E-state index contributed by atoms with van der Waals surface area (Å²) in [5.41, 5.74) is 3.06. The molecule has 0 saturated carbocycles. The van der Waals surface area contributed by atoms with Crippen LogP contribution in [0.5, 0.6) is 0 Å². The number of benzene rings is 2. The number of aliphatic imine (C=N–C) groups is 1. The monoisotopic (exact) mass is 321 g/mol. The summed E-state index contributed by atoms with van der Waals surface area (Å²) in [4.78, 5) is 4.83. The molecule has 0 unspecified atom stereocenters. The SMILES string of the molecule is CCCC/C=C/[C@H](O)[C@@H](C)N=C(c1ccccc1)c1ccccc1. The van der Waals surface area contributed by atoms with Gasteiger partial charge < -0.3 is 5.11 Å². The highest BCUT2D eigenvalue weighted by Gasteiger charge is 2.13. The normalized spacial score (nSPS) is 13.6. The van der Waals surface area contributed by atoms with Crippen LogP contribution in [0.4, 0.5) is 0 Å². The Morgan fingerprint density at radius 3 is 2.04 bits per heavy atom. The second-order valence-electron chi connectivity index (χ2n) is 6.01. The topological polar surface area (TPSA) is 32.6 Å². The number of allylic oxidation sites excluding steroid dienone is 1. The van der Waals surface area contributed by atoms with Gasteiger partial charge in [0.25, 0.3) is 0 Å². The maximum atomic E-state index is 10.4. The van der Waals surface area contributed by atoms with Crippen LogP contribution in [0.1, 0.15) is 44.2 Å². The van der Waals surface area contributed by atoms with E-state index in [9.17, 15) is 5.11 Å². The molecule has 0 saturated heterocycles. The Kier molecular flexibility index (Phi) is 7.44. The van der Waals surface area contributed by atoms with Gasteiger partial charge in [-0.15, -0.1) is 0 Å². The molecular formula is C22H27NO. The third-order valence-electron chi connectivity index (χ3n) is 3.98. The van der Waals surface area contributed by atoms with Crippen molar-refractivity contribution in [3.05, 3.63) is 83.9 Å². The van der Waals surface area contributed by atoms with E-state index in [-0.39, 0.29) is 6.04 Å². The standard InChI is InChI=1S/C22H27NO/c1-3-4-5-12-17-21(24)18(2)23-22(19-13-8-6-9-14-19)20-15-10-7-11-16-20/h6-18,21,24H,3-5H2,1-2H3/b17-12+/t18-,21+/m1/s1. The van der Waals surface area contributed by atoms with Gasteiger partial charge in [0, 0.05) is 11.1 Å². The van der Waals surface area contributed by atoms with Gasteiger partial charge in [0.1, 0.15) is 0 Å². The van der Waals surface area contributed by atoms with E-state index in [1.54, 1.807) is 0 Å². The van der Waals surface area contributed by atoms with E-state index in [4.69, 9.17) is 4.99 Å². The first kappa shape index (κ1) is 18.2. The zero-order valence-corrected chi connectivity index (χ0v) is 14.6. The van der Waals surface area contributed by atoms with Gasteiger partial charge >= 0.3 is 0 Å². The maximum absolute atomic E-state index is 10.4. The van der Waals surface area contributed by atoms with E-state index < -0.39 is 6.10 Å². The molecule has 0 aliphatic rings. The Hall–Kier alpha value is -2.19. The van der Waals surface area contributed by atoms with Crippen LogP contribution < -0.4 is 0 Å². The summed E-state index contributed by atoms with van der Waals surface area (Å²) in [5, 5.41) is 10.4. The molecule has 0 bridgehead atoms. The Morgan fingerprint density at radius 1 is 1.00 bits per heavy atom. The van der Waals surface area contributed by atoms with Gasteiger partial charge in [-0.3, -0.25) is 4.99 Å². The summed E-state index contributed by atoms with van der Waals surface area (Å²) in [6.45, 7) is 4.13. The molecule has 2 rings (SSSR count). The second kappa shape index (κ2) is 9.84. The van der Waals surface area contributed by atoms with Crippen molar-refractivity contribution in [2.45, 2.75) is 45.3 Å². The molecular weight excluding hydrogens is 294 g/mol. The molecule has 0 aliphatic heterocycles. The lowest BCUT2D eigenvalue weighted by Crippen LogP contribution is -2.21. The van der Waals surface area contributed by atoms with E-state index in [2.05, 4.69) is 37.3 Å². The Balaban J connectivity index is 2.23. The molecule has 2 aromatic rings. The smallest absolute Gasteiger partial charge is 0.0941 e. The number of aliphatic hydroxyl groups excluding tert-OH is 1. The molecule has 1 N–H and O–H groups in total. The molecule has 2 atom stereocenters. The van der Waals surface area contributed by atoms with Crippen LogP contribution in [0.15, 0.2) is 77.8 Å². The average Bonchev–Trinajstić information content (AvgIpc) is 2.64. The van der Waals surface area contributed by atoms with Crippen molar-refractivity contribution in [3.63, 3.8) is 0 Å². The fourth-order valence-corrected chi connectivity index (χ4v) is 2.51. The van der Waals surface area contributed by atoms with Crippen molar-refractivity contribution in [2.24, 2.45) is 4.99 Å². The van der Waals surface area contributed by atoms with Gasteiger partial charge in [0.05, 0.1) is 17.9 Å². The third kappa shape index (κ3) is 5.47. The number of rotatable bonds is 8. The molecule has 0 fully saturated rings. The molecule has 24 heavy (non-hydrogen) atoms. The molecule has 0 radical (unpaired) electrons. The predicted octanol–water partition coefficient (Wildman–Crippen LogP) is 5.02. The number of hydrogen-bond donors (Lipinski definition) is 1. The minimum atomic E-state index is -0.565. The zero-order valence-electron chi connectivity index (χ0n) is 14.6. The summed E-state index contributed by atoms with van der Waals surface area (Å²) < 4.78 is 0. The number of hydrogen-bond acceptors (Lipinski definition) is 2. The Labute approximate surface area is 145 Å². The van der Waals surface area contributed by atoms with E-state index in [0.29, 0.717) is 0 Å². The van der Waals surface area contributed by atoms with E-state index in [1.165, 1.54) is 6.42 Å². The number of unbranched alkanes of at least 4 members (excludes halogenated alkanes) is 2. The lowest BCUT2D eigenvalue weighted by atomic mass is 10.0. The van der Waals surface area contributed by atoms with Crippen LogP contribution in [-0.2, 0) is 0 Å². The molecule has 0 amide bonds. The molecule has 2 heteroatoms. The van der Waals surface area contributed by atoms with Crippen molar-refractivity contribution < 1.29 is 5.11 Å². The Morgan fingerprint density at radius 2 is 1.54 bits per heavy atom. The van der Waals surface area contributed by atoms with Gasteiger partial charge in [0.15, 0.2) is 0 Å². The van der Waals surface area contributed by atoms with E-state index in [1.807, 2.05) is 49.4 Å². The highest BCUT2D eigenvalue weighted by Crippen LogP contribution is 2.14. The lowest BCUT2D eigenvalue weighted by molar-refractivity contribution is 0.199. The van der Waals surface area contributed by atoms with Gasteiger partial charge in [-0.05, 0) is 13.3 Å². The molecule has 2 aromatic carbocycles. The first-order valence-corrected chi connectivity index (χ1v) is 8.75. The fourth-order valence-electron chi connectivity index (χ4n) is 2.51. The molecule has 0 aromatic heterocycles. The first-order chi connectivity index (χ1) is 11.7. The summed E-state index contributed by atoms with van der Waals surface area (Å²) >= 11 is 0. The van der Waals surface area contributed by atoms with Gasteiger partial charge in [-0.25, -0.2) is 0 Å². The van der Waals surface area contributed by atoms with Crippen LogP contribution in [0.2, 0.25) is 0 Å². The van der Waals surface area contributed by atoms with Crippen LogP contribution in [0.3, 0.4) is 0 Å². The van der Waals surface area contributed by atoms with Gasteiger partial charge in [-0.1, -0.05) is 92.6 Å². The van der Waals surface area contributed by atoms with Crippen molar-refractivity contribution >= 4 is 5.71 Å². The number of nitrogens with zero attached hydrogens (tertiary/aromatic N) is 1. The Bertz CT molecular complexity index is 605. The third-order valence-corrected chi connectivity index (χ3v) is 3.98. The van der Waals surface area contributed by atoms with Crippen LogP contribution >= 0.6 is 0 Å². The average molecular weight is 321 g/mol. The number of aliphatic hydroxyl groups is 1. The van der Waals surface area contributed by atoms with E-state index >= 15 is 0 Å². The van der Waals surface area contributed by atoms with Crippen molar-refractivity contribution in [1.82, 2.24) is 0 Å². The summed E-state index contributed by atoms with van der Waals surface area (Å²) in [6, 6.07) is 20.1. The summed E-state index contributed by atoms with van der Waals surface area (Å²) in [7, 11) is 0. The van der Waals surface area contributed by atoms with Gasteiger partial charge in [-0.2, -0.15) is 0 Å². The molecule has 0 spiro atoms. The summed E-state index contributed by atoms with van der Waals surface area (Å²) in [5.74, 6) is 0. The zero-order chi connectivity index (χ0) is 17.2. The maximum Gasteiger partial charge on any atom is 0.0941 e. The first-order valence-electron chi connectivity index (χ1n) is 8.75. The van der Waals surface area contributed by atoms with Crippen LogP contribution in [0.25, 0.3) is 0 Å². The lowest BCUT2D eigenvalue weighted by Gasteiger charge is -2.15. The quantitative estimate of drug-likeness (QED) is 0.413. The highest BCUT2D eigenvalue weighted by atomic mass is 16.3. The molecule has 2 nitrogen and oxygen atoms in total. The molecule has 0 heterocycles. The van der Waals surface area contributed by atoms with E-state index in [0.717, 1.165) is 29.7 Å². The van der Waals surface area contributed by atoms with Gasteiger partial charge in [0.2, 0.25) is 0 Å². The second-order valence-corrected chi connectivity index (χ2v) is 6.01. The molecule has 126 valence electrons. The van der Waals surface area contributed by atoms with Crippen molar-refractivity contribution in [1.29, 1.82) is 0 Å². The minimum absolute atomic E-state index is 0.196. The van der Waals surface area contributed by atoms with Crippen molar-refractivity contribution in [3.8, 4) is 0 Å². The highest BCUT2D eigenvalue weighted by molar-refractivity contribution is 6.12. The minimum Gasteiger partial charge on any atom is -0.387 e. The van der Waals surface area contributed by atoms with Crippen molar-refractivity contribution in [2.75, 3.05) is 0 Å². The largest absolute Gasteiger partial charge is 0.387 e. The predicted molar refractivity (Wildman–Crippen MR) is 103 cm³/mol. The molecule has 0 aliphatic carbocycles. The van der Waals surface area contributed by atoms with Crippen LogP contribution in [-0.4, -0.2) is 23.0 Å².